The Labute approximate surface area is 175 Å². The maximum Gasteiger partial charge on any atom is 0.0346 e. The largest absolute Gasteiger partial charge is 0.264 e. The van der Waals surface area contributed by atoms with Gasteiger partial charge in [-0.15, -0.1) is 0 Å². The van der Waals surface area contributed by atoms with E-state index in [1.54, 1.807) is 0 Å². The summed E-state index contributed by atoms with van der Waals surface area (Å²) in [5, 5.41) is 7.58. The van der Waals surface area contributed by atoms with E-state index in [-0.39, 0.29) is 0 Å². The Morgan fingerprint density at radius 2 is 1.00 bits per heavy atom. The van der Waals surface area contributed by atoms with Crippen LogP contribution in [0, 0.1) is 0 Å². The summed E-state index contributed by atoms with van der Waals surface area (Å²) in [5.74, 6) is 0. The van der Waals surface area contributed by atoms with Crippen molar-refractivity contribution in [3.63, 3.8) is 0 Å². The van der Waals surface area contributed by atoms with Gasteiger partial charge in [-0.1, -0.05) is 91.0 Å². The molecular formula is C29H19N. The molecule has 0 N–H and O–H groups in total. The molecule has 0 bridgehead atoms. The van der Waals surface area contributed by atoms with Gasteiger partial charge in [-0.05, 0) is 61.1 Å². The molecule has 5 aromatic carbocycles. The van der Waals surface area contributed by atoms with Crippen LogP contribution in [0.3, 0.4) is 0 Å². The molecule has 0 aliphatic heterocycles. The molecule has 0 saturated heterocycles. The Morgan fingerprint density at radius 3 is 1.60 bits per heavy atom. The Bertz CT molecular complexity index is 1470. The normalized spacial score (nSPS) is 11.3. The van der Waals surface area contributed by atoms with Crippen LogP contribution >= 0.6 is 0 Å². The van der Waals surface area contributed by atoms with Crippen molar-refractivity contribution in [2.45, 2.75) is 0 Å². The molecule has 1 nitrogen and oxygen atoms in total. The van der Waals surface area contributed by atoms with Crippen LogP contribution in [0.15, 0.2) is 116 Å². The molecule has 30 heavy (non-hydrogen) atoms. The molecule has 0 aliphatic carbocycles. The first-order valence-corrected chi connectivity index (χ1v) is 10.2. The van der Waals surface area contributed by atoms with Gasteiger partial charge in [-0.3, -0.25) is 4.98 Å². The number of hydrogen-bond donors (Lipinski definition) is 0. The zero-order valence-corrected chi connectivity index (χ0v) is 16.4. The number of benzene rings is 5. The Balaban J connectivity index is 1.79. The zero-order valence-electron chi connectivity index (χ0n) is 16.4. The van der Waals surface area contributed by atoms with Crippen molar-refractivity contribution in [2.75, 3.05) is 0 Å². The van der Waals surface area contributed by atoms with Gasteiger partial charge in [-0.25, -0.2) is 0 Å². The van der Waals surface area contributed by atoms with Crippen molar-refractivity contribution in [3.8, 4) is 22.3 Å². The van der Waals surface area contributed by atoms with Crippen molar-refractivity contribution >= 4 is 32.3 Å². The maximum absolute atomic E-state index is 4.39. The lowest BCUT2D eigenvalue weighted by Gasteiger charge is -2.17. The molecule has 0 spiro atoms. The minimum atomic E-state index is 1.15. The van der Waals surface area contributed by atoms with Gasteiger partial charge < -0.3 is 0 Å². The second kappa shape index (κ2) is 6.82. The van der Waals surface area contributed by atoms with E-state index in [4.69, 9.17) is 0 Å². The van der Waals surface area contributed by atoms with E-state index >= 15 is 0 Å². The first kappa shape index (κ1) is 16.9. The summed E-state index contributed by atoms with van der Waals surface area (Å²) in [6.45, 7) is 0. The van der Waals surface area contributed by atoms with Crippen LogP contribution in [0.1, 0.15) is 0 Å². The van der Waals surface area contributed by atoms with Gasteiger partial charge in [0.15, 0.2) is 0 Å². The summed E-state index contributed by atoms with van der Waals surface area (Å²) in [4.78, 5) is 4.39. The number of rotatable bonds is 2. The fourth-order valence-corrected chi connectivity index (χ4v) is 4.61. The minimum Gasteiger partial charge on any atom is -0.264 e. The molecule has 1 aromatic heterocycles. The lowest BCUT2D eigenvalue weighted by Crippen LogP contribution is -1.91. The average Bonchev–Trinajstić information content (AvgIpc) is 2.82. The SMILES string of the molecule is c1cncc(-c2c3ccccc3c(-c3ccc4ccccc4c3)c3ccccc23)c1. The molecule has 0 fully saturated rings. The molecule has 0 radical (unpaired) electrons. The van der Waals surface area contributed by atoms with E-state index in [0.29, 0.717) is 0 Å². The Hall–Kier alpha value is -3.97. The van der Waals surface area contributed by atoms with Gasteiger partial charge in [0.1, 0.15) is 0 Å². The van der Waals surface area contributed by atoms with Gasteiger partial charge in [0, 0.05) is 18.0 Å². The van der Waals surface area contributed by atoms with Crippen molar-refractivity contribution in [2.24, 2.45) is 0 Å². The molecule has 140 valence electrons. The molecule has 6 rings (SSSR count). The molecule has 0 atom stereocenters. The molecule has 0 unspecified atom stereocenters. The van der Waals surface area contributed by atoms with Crippen LogP contribution in [-0.4, -0.2) is 4.98 Å². The van der Waals surface area contributed by atoms with E-state index in [1.165, 1.54) is 49.0 Å². The first-order chi connectivity index (χ1) is 14.9. The number of hydrogen-bond acceptors (Lipinski definition) is 1. The van der Waals surface area contributed by atoms with Gasteiger partial charge in [0.2, 0.25) is 0 Å². The predicted octanol–water partition coefficient (Wildman–Crippen LogP) is 7.88. The van der Waals surface area contributed by atoms with Crippen molar-refractivity contribution < 1.29 is 0 Å². The van der Waals surface area contributed by atoms with Crippen molar-refractivity contribution in [1.82, 2.24) is 4.98 Å². The monoisotopic (exact) mass is 381 g/mol. The quantitative estimate of drug-likeness (QED) is 0.278. The molecule has 1 heterocycles. The highest BCUT2D eigenvalue weighted by molar-refractivity contribution is 6.21. The van der Waals surface area contributed by atoms with E-state index in [1.807, 2.05) is 18.5 Å². The van der Waals surface area contributed by atoms with Crippen molar-refractivity contribution in [1.29, 1.82) is 0 Å². The lowest BCUT2D eigenvalue weighted by molar-refractivity contribution is 1.33. The first-order valence-electron chi connectivity index (χ1n) is 10.2. The van der Waals surface area contributed by atoms with E-state index in [2.05, 4.69) is 102 Å². The second-order valence-electron chi connectivity index (χ2n) is 7.64. The van der Waals surface area contributed by atoms with Crippen LogP contribution in [0.25, 0.3) is 54.6 Å². The van der Waals surface area contributed by atoms with Crippen LogP contribution in [0.2, 0.25) is 0 Å². The number of aromatic nitrogens is 1. The summed E-state index contributed by atoms with van der Waals surface area (Å²) in [5.41, 5.74) is 4.94. The average molecular weight is 381 g/mol. The Morgan fingerprint density at radius 1 is 0.433 bits per heavy atom. The number of fused-ring (bicyclic) bond motifs is 3. The van der Waals surface area contributed by atoms with Crippen LogP contribution in [0.4, 0.5) is 0 Å². The second-order valence-corrected chi connectivity index (χ2v) is 7.64. The maximum atomic E-state index is 4.39. The highest BCUT2D eigenvalue weighted by Crippen LogP contribution is 2.43. The minimum absolute atomic E-state index is 1.15. The van der Waals surface area contributed by atoms with E-state index < -0.39 is 0 Å². The van der Waals surface area contributed by atoms with Gasteiger partial charge >= 0.3 is 0 Å². The van der Waals surface area contributed by atoms with E-state index in [0.717, 1.165) is 5.56 Å². The predicted molar refractivity (Wildman–Crippen MR) is 128 cm³/mol. The smallest absolute Gasteiger partial charge is 0.0346 e. The molecule has 0 amide bonds. The van der Waals surface area contributed by atoms with Crippen LogP contribution in [0.5, 0.6) is 0 Å². The summed E-state index contributed by atoms with van der Waals surface area (Å²) < 4.78 is 0. The summed E-state index contributed by atoms with van der Waals surface area (Å²) in [7, 11) is 0. The topological polar surface area (TPSA) is 12.9 Å². The van der Waals surface area contributed by atoms with Crippen molar-refractivity contribution in [3.05, 3.63) is 116 Å². The highest BCUT2D eigenvalue weighted by Gasteiger charge is 2.16. The molecule has 6 aromatic rings. The van der Waals surface area contributed by atoms with Gasteiger partial charge in [0.25, 0.3) is 0 Å². The molecule has 1 heteroatoms. The fourth-order valence-electron chi connectivity index (χ4n) is 4.61. The number of pyridine rings is 1. The summed E-state index contributed by atoms with van der Waals surface area (Å²) >= 11 is 0. The van der Waals surface area contributed by atoms with Gasteiger partial charge in [-0.2, -0.15) is 0 Å². The van der Waals surface area contributed by atoms with Crippen LogP contribution in [-0.2, 0) is 0 Å². The lowest BCUT2D eigenvalue weighted by atomic mass is 9.86. The van der Waals surface area contributed by atoms with Crippen LogP contribution < -0.4 is 0 Å². The third-order valence-corrected chi connectivity index (χ3v) is 5.92. The third-order valence-electron chi connectivity index (χ3n) is 5.92. The summed E-state index contributed by atoms with van der Waals surface area (Å²) in [6, 6.07) is 37.0. The van der Waals surface area contributed by atoms with Gasteiger partial charge in [0.05, 0.1) is 0 Å². The summed E-state index contributed by atoms with van der Waals surface area (Å²) in [6.07, 6.45) is 3.79. The Kier molecular flexibility index (Phi) is 3.85. The number of nitrogens with zero attached hydrogens (tertiary/aromatic N) is 1. The molecule has 0 saturated carbocycles. The fraction of sp³-hybridized carbons (Fsp3) is 0. The highest BCUT2D eigenvalue weighted by atomic mass is 14.6. The van der Waals surface area contributed by atoms with E-state index in [9.17, 15) is 0 Å². The molecule has 0 aliphatic rings. The zero-order chi connectivity index (χ0) is 19.9. The standard InChI is InChI=1S/C29H19N/c1-2-9-21-18-22(16-15-20(21)8-1)28-24-11-3-5-13-26(24)29(23-10-7-17-30-19-23)27-14-6-4-12-25(27)28/h1-19H. The third kappa shape index (κ3) is 2.60. The molecular weight excluding hydrogens is 362 g/mol.